The summed E-state index contributed by atoms with van der Waals surface area (Å²) >= 11 is 0. The number of tetrazole rings is 1. The Morgan fingerprint density at radius 1 is 1.03 bits per heavy atom. The Labute approximate surface area is 182 Å². The molecule has 0 radical (unpaired) electrons. The van der Waals surface area contributed by atoms with Gasteiger partial charge in [0.1, 0.15) is 6.04 Å². The van der Waals surface area contributed by atoms with Crippen LogP contribution in [0, 0.1) is 13.8 Å². The molecule has 0 unspecified atom stereocenters. The van der Waals surface area contributed by atoms with Crippen LogP contribution in [0.4, 0.5) is 0 Å². The van der Waals surface area contributed by atoms with Crippen LogP contribution >= 0.6 is 0 Å². The first-order chi connectivity index (χ1) is 15.1. The van der Waals surface area contributed by atoms with Gasteiger partial charge in [-0.05, 0) is 85.6 Å². The molecule has 1 N–H and O–H groups in total. The monoisotopic (exact) mass is 420 g/mol. The van der Waals surface area contributed by atoms with Crippen molar-refractivity contribution in [3.8, 4) is 0 Å². The van der Waals surface area contributed by atoms with Crippen LogP contribution in [0.2, 0.25) is 0 Å². The number of aromatic nitrogens is 5. The van der Waals surface area contributed by atoms with Crippen molar-refractivity contribution in [2.24, 2.45) is 0 Å². The lowest BCUT2D eigenvalue weighted by Crippen LogP contribution is -2.36. The van der Waals surface area contributed by atoms with Gasteiger partial charge in [0, 0.05) is 5.56 Å². The second-order valence-corrected chi connectivity index (χ2v) is 9.30. The third-order valence-corrected chi connectivity index (χ3v) is 7.31. The number of nitrogens with one attached hydrogen (secondary N) is 1. The molecule has 0 spiro atoms. The molecule has 31 heavy (non-hydrogen) atoms. The average molecular weight is 421 g/mol. The van der Waals surface area contributed by atoms with E-state index in [0.717, 1.165) is 66.6 Å². The predicted molar refractivity (Wildman–Crippen MR) is 121 cm³/mol. The van der Waals surface area contributed by atoms with Gasteiger partial charge in [-0.25, -0.2) is 4.68 Å². The van der Waals surface area contributed by atoms with Gasteiger partial charge in [0.25, 0.3) is 5.56 Å². The summed E-state index contributed by atoms with van der Waals surface area (Å²) in [5.74, 6) is 0.822. The summed E-state index contributed by atoms with van der Waals surface area (Å²) in [4.78, 5) is 19.1. The van der Waals surface area contributed by atoms with Crippen LogP contribution in [0.25, 0.3) is 10.9 Å². The van der Waals surface area contributed by atoms with Crippen molar-refractivity contribution >= 4 is 10.9 Å². The number of hydrogen-bond acceptors (Lipinski definition) is 5. The summed E-state index contributed by atoms with van der Waals surface area (Å²) in [6.45, 7) is 6.08. The Morgan fingerprint density at radius 3 is 2.52 bits per heavy atom. The zero-order valence-corrected chi connectivity index (χ0v) is 18.6. The quantitative estimate of drug-likeness (QED) is 0.684. The molecule has 7 nitrogen and oxygen atoms in total. The van der Waals surface area contributed by atoms with Crippen LogP contribution in [0.15, 0.2) is 23.0 Å². The van der Waals surface area contributed by atoms with E-state index in [4.69, 9.17) is 0 Å². The van der Waals surface area contributed by atoms with Crippen LogP contribution in [0.1, 0.15) is 86.0 Å². The predicted octanol–water partition coefficient (Wildman–Crippen LogP) is 4.21. The molecule has 5 rings (SSSR count). The fourth-order valence-corrected chi connectivity index (χ4v) is 5.39. The van der Waals surface area contributed by atoms with Gasteiger partial charge >= 0.3 is 0 Å². The van der Waals surface area contributed by atoms with Gasteiger partial charge in [-0.2, -0.15) is 0 Å². The summed E-state index contributed by atoms with van der Waals surface area (Å²) in [6, 6.07) is 6.43. The molecule has 2 fully saturated rings. The fourth-order valence-electron chi connectivity index (χ4n) is 5.39. The highest BCUT2D eigenvalue weighted by molar-refractivity contribution is 5.83. The van der Waals surface area contributed by atoms with Crippen molar-refractivity contribution in [1.29, 1.82) is 0 Å². The summed E-state index contributed by atoms with van der Waals surface area (Å²) in [7, 11) is 0. The molecule has 1 aliphatic carbocycles. The van der Waals surface area contributed by atoms with Crippen molar-refractivity contribution < 1.29 is 0 Å². The molecule has 1 saturated heterocycles. The molecular weight excluding hydrogens is 388 g/mol. The van der Waals surface area contributed by atoms with E-state index in [1.807, 2.05) is 4.68 Å². The van der Waals surface area contributed by atoms with Crippen molar-refractivity contribution in [1.82, 2.24) is 30.1 Å². The largest absolute Gasteiger partial charge is 0.321 e. The van der Waals surface area contributed by atoms with Crippen LogP contribution in [0.5, 0.6) is 0 Å². The Hall–Kier alpha value is -2.54. The Bertz CT molecular complexity index is 1120. The SMILES string of the molecule is Cc1ccc2cc([C@@H](c3nnnn3C3CCCC3)N3CCCCCC3)c(=O)[nH]c2c1C. The second-order valence-electron chi connectivity index (χ2n) is 9.30. The average Bonchev–Trinajstić information content (AvgIpc) is 3.39. The van der Waals surface area contributed by atoms with Gasteiger partial charge in [0.05, 0.1) is 11.6 Å². The highest BCUT2D eigenvalue weighted by atomic mass is 16.1. The standard InChI is InChI=1S/C24H32N6O/c1-16-11-12-18-15-20(24(31)25-21(18)17(16)2)22(29-13-7-3-4-8-14-29)23-26-27-28-30(23)19-9-5-6-10-19/h11-12,15,19,22H,3-10,13-14H2,1-2H3,(H,25,31)/t22-/m0/s1. The number of aromatic amines is 1. The van der Waals surface area contributed by atoms with Crippen LogP contribution in [-0.4, -0.2) is 43.2 Å². The highest BCUT2D eigenvalue weighted by Gasteiger charge is 2.33. The maximum atomic E-state index is 13.4. The van der Waals surface area contributed by atoms with Gasteiger partial charge in [-0.1, -0.05) is 37.8 Å². The molecule has 2 aliphatic rings. The Balaban J connectivity index is 1.66. The number of hydrogen-bond donors (Lipinski definition) is 1. The number of benzene rings is 1. The minimum atomic E-state index is -0.219. The van der Waals surface area contributed by atoms with Crippen molar-refractivity contribution in [2.45, 2.75) is 77.3 Å². The molecule has 2 aromatic heterocycles. The van der Waals surface area contributed by atoms with Crippen LogP contribution in [0.3, 0.4) is 0 Å². The number of fused-ring (bicyclic) bond motifs is 1. The van der Waals surface area contributed by atoms with Gasteiger partial charge in [0.2, 0.25) is 0 Å². The smallest absolute Gasteiger partial charge is 0.253 e. The Morgan fingerprint density at radius 2 is 1.77 bits per heavy atom. The topological polar surface area (TPSA) is 79.7 Å². The van der Waals surface area contributed by atoms with Gasteiger partial charge < -0.3 is 4.98 Å². The van der Waals surface area contributed by atoms with E-state index in [1.54, 1.807) is 0 Å². The minimum absolute atomic E-state index is 0.0311. The number of rotatable bonds is 4. The van der Waals surface area contributed by atoms with Gasteiger partial charge in [-0.15, -0.1) is 5.10 Å². The maximum Gasteiger partial charge on any atom is 0.253 e. The first-order valence-corrected chi connectivity index (χ1v) is 11.8. The van der Waals surface area contributed by atoms with Crippen LogP contribution in [-0.2, 0) is 0 Å². The molecule has 3 aromatic rings. The summed E-state index contributed by atoms with van der Waals surface area (Å²) < 4.78 is 2.02. The van der Waals surface area contributed by atoms with E-state index in [0.29, 0.717) is 6.04 Å². The van der Waals surface area contributed by atoms with Gasteiger partial charge in [-0.3, -0.25) is 9.69 Å². The highest BCUT2D eigenvalue weighted by Crippen LogP contribution is 2.34. The summed E-state index contributed by atoms with van der Waals surface area (Å²) in [5, 5.41) is 14.0. The van der Waals surface area contributed by atoms with Crippen LogP contribution < -0.4 is 5.56 Å². The van der Waals surface area contributed by atoms with E-state index in [2.05, 4.69) is 57.5 Å². The summed E-state index contributed by atoms with van der Waals surface area (Å²) in [5.41, 5.74) is 3.97. The van der Waals surface area contributed by atoms with E-state index < -0.39 is 0 Å². The number of pyridine rings is 1. The molecule has 3 heterocycles. The molecule has 1 aliphatic heterocycles. The molecular formula is C24H32N6O. The molecule has 0 amide bonds. The van der Waals surface area contributed by atoms with E-state index in [1.165, 1.54) is 31.2 Å². The normalized spacial score (nSPS) is 19.7. The molecule has 1 aromatic carbocycles. The lowest BCUT2D eigenvalue weighted by Gasteiger charge is -2.30. The lowest BCUT2D eigenvalue weighted by atomic mass is 10.00. The molecule has 1 atom stereocenters. The van der Waals surface area contributed by atoms with E-state index in [9.17, 15) is 4.79 Å². The Kier molecular flexibility index (Phi) is 5.61. The molecule has 0 bridgehead atoms. The third kappa shape index (κ3) is 3.80. The number of likely N-dealkylation sites (tertiary alicyclic amines) is 1. The number of aryl methyl sites for hydroxylation is 2. The molecule has 1 saturated carbocycles. The first-order valence-electron chi connectivity index (χ1n) is 11.8. The number of H-pyrrole nitrogens is 1. The minimum Gasteiger partial charge on any atom is -0.321 e. The van der Waals surface area contributed by atoms with Crippen molar-refractivity contribution in [3.05, 3.63) is 51.1 Å². The van der Waals surface area contributed by atoms with E-state index >= 15 is 0 Å². The van der Waals surface area contributed by atoms with Crippen molar-refractivity contribution in [3.63, 3.8) is 0 Å². The summed E-state index contributed by atoms with van der Waals surface area (Å²) in [6.07, 6.45) is 9.42. The maximum absolute atomic E-state index is 13.4. The third-order valence-electron chi connectivity index (χ3n) is 7.31. The van der Waals surface area contributed by atoms with Crippen molar-refractivity contribution in [2.75, 3.05) is 13.1 Å². The lowest BCUT2D eigenvalue weighted by molar-refractivity contribution is 0.216. The molecule has 7 heteroatoms. The zero-order chi connectivity index (χ0) is 21.4. The zero-order valence-electron chi connectivity index (χ0n) is 18.6. The van der Waals surface area contributed by atoms with Gasteiger partial charge in [0.15, 0.2) is 5.82 Å². The molecule has 164 valence electrons. The number of nitrogens with zero attached hydrogens (tertiary/aromatic N) is 5. The fraction of sp³-hybridized carbons (Fsp3) is 0.583. The van der Waals surface area contributed by atoms with E-state index in [-0.39, 0.29) is 11.6 Å². The second kappa shape index (κ2) is 8.54. The first kappa shape index (κ1) is 20.4.